The van der Waals surface area contributed by atoms with Crippen LogP contribution >= 0.6 is 0 Å². The number of carbonyl (C=O) groups excluding carboxylic acids is 2. The van der Waals surface area contributed by atoms with E-state index >= 15 is 0 Å². The number of carbonyl (C=O) groups is 3. The normalized spacial score (nSPS) is 12.6. The molecule has 1 fully saturated rings. The van der Waals surface area contributed by atoms with E-state index in [1.165, 1.54) is 24.3 Å². The highest BCUT2D eigenvalue weighted by Gasteiger charge is 2.36. The van der Waals surface area contributed by atoms with E-state index in [1.54, 1.807) is 43.8 Å². The molecule has 1 amide bonds. The van der Waals surface area contributed by atoms with Gasteiger partial charge in [-0.25, -0.2) is 13.2 Å². The Morgan fingerprint density at radius 2 is 1.57 bits per heavy atom. The summed E-state index contributed by atoms with van der Waals surface area (Å²) in [6, 6.07) is 8.86. The molecule has 4 rings (SSSR count). The first kappa shape index (κ1) is 50.6. The molecule has 298 valence electrons. The largest absolute Gasteiger partial charge is 0.483 e. The molecule has 2 heterocycles. The number of nitrogens with two attached hydrogens (primary N) is 1. The van der Waals surface area contributed by atoms with Crippen LogP contribution in [0.5, 0.6) is 0 Å². The average Bonchev–Trinajstić information content (AvgIpc) is 3.07. The van der Waals surface area contributed by atoms with Gasteiger partial charge in [-0.2, -0.15) is 13.2 Å². The van der Waals surface area contributed by atoms with Crippen LogP contribution in [0.4, 0.5) is 26.3 Å². The highest BCUT2D eigenvalue weighted by Crippen LogP contribution is 2.38. The van der Waals surface area contributed by atoms with Crippen LogP contribution in [0.15, 0.2) is 53.5 Å². The van der Waals surface area contributed by atoms with Crippen LogP contribution in [0.3, 0.4) is 0 Å². The van der Waals surface area contributed by atoms with Crippen molar-refractivity contribution in [2.45, 2.75) is 86.2 Å². The fourth-order valence-electron chi connectivity index (χ4n) is 4.74. The molecule has 1 saturated heterocycles. The number of halogens is 6. The minimum atomic E-state index is -4.81. The Hall–Kier alpha value is -4.50. The molecule has 1 atom stereocenters. The molecule has 1 unspecified atom stereocenters. The lowest BCUT2D eigenvalue weighted by Crippen LogP contribution is -2.49. The highest BCUT2D eigenvalue weighted by molar-refractivity contribution is 5.69. The third kappa shape index (κ3) is 18.7. The van der Waals surface area contributed by atoms with Crippen LogP contribution in [0, 0.1) is 24.5 Å². The number of nitrogens with one attached hydrogen (secondary N) is 1. The number of carboxylic acid groups (broad SMARTS) is 1. The van der Waals surface area contributed by atoms with Crippen LogP contribution in [-0.4, -0.2) is 66.6 Å². The van der Waals surface area contributed by atoms with Crippen molar-refractivity contribution in [3.8, 4) is 11.1 Å². The van der Waals surface area contributed by atoms with Gasteiger partial charge >= 0.3 is 6.18 Å². The first-order valence-electron chi connectivity index (χ1n) is 17.0. The maximum atomic E-state index is 14.4. The first-order valence-corrected chi connectivity index (χ1v) is 17.0. The van der Waals surface area contributed by atoms with E-state index in [9.17, 15) is 35.9 Å². The van der Waals surface area contributed by atoms with Gasteiger partial charge in [0.05, 0.1) is 5.56 Å². The molecule has 0 radical (unpaired) electrons. The Balaban J connectivity index is 0. The maximum absolute atomic E-state index is 14.4. The Labute approximate surface area is 308 Å². The second kappa shape index (κ2) is 27.2. The van der Waals surface area contributed by atoms with Crippen LogP contribution in [0.2, 0.25) is 0 Å². The van der Waals surface area contributed by atoms with Gasteiger partial charge in [0.25, 0.3) is 12.0 Å². The van der Waals surface area contributed by atoms with Crippen molar-refractivity contribution in [1.82, 2.24) is 14.8 Å². The Kier molecular flexibility index (Phi) is 25.9. The van der Waals surface area contributed by atoms with Crippen LogP contribution in [-0.2, 0) is 33.5 Å². The molecule has 3 aromatic rings. The summed E-state index contributed by atoms with van der Waals surface area (Å²) in [5.41, 5.74) is 4.32. The number of nitrogens with zero attached hydrogens (tertiary/aromatic N) is 2. The molecule has 0 aliphatic carbocycles. The summed E-state index contributed by atoms with van der Waals surface area (Å²) in [5.74, 6) is -0.913. The van der Waals surface area contributed by atoms with Gasteiger partial charge in [0.15, 0.2) is 0 Å². The zero-order valence-electron chi connectivity index (χ0n) is 31.6. The van der Waals surface area contributed by atoms with E-state index < -0.39 is 35.6 Å². The maximum Gasteiger partial charge on any atom is 0.419 e. The van der Waals surface area contributed by atoms with Crippen LogP contribution < -0.4 is 16.6 Å². The van der Waals surface area contributed by atoms with Gasteiger partial charge < -0.3 is 25.5 Å². The summed E-state index contributed by atoms with van der Waals surface area (Å²) in [6.07, 6.45) is -2.28. The van der Waals surface area contributed by atoms with Crippen molar-refractivity contribution >= 4 is 19.2 Å². The van der Waals surface area contributed by atoms with Crippen LogP contribution in [0.1, 0.15) is 76.3 Å². The minimum Gasteiger partial charge on any atom is -0.483 e. The summed E-state index contributed by atoms with van der Waals surface area (Å²) in [4.78, 5) is 41.2. The topological polar surface area (TPSA) is 135 Å². The molecule has 2 aromatic carbocycles. The van der Waals surface area contributed by atoms with Gasteiger partial charge in [-0.05, 0) is 73.3 Å². The predicted octanol–water partition coefficient (Wildman–Crippen LogP) is 7.36. The Bertz CT molecular complexity index is 1550. The first-order chi connectivity index (χ1) is 24.9. The van der Waals surface area contributed by atoms with E-state index in [2.05, 4.69) is 31.8 Å². The molecule has 4 N–H and O–H groups in total. The smallest absolute Gasteiger partial charge is 0.419 e. The fraction of sp³-hybridized carbons (Fsp3) is 0.474. The number of aryl methyl sites for hydroxylation is 1. The van der Waals surface area contributed by atoms with E-state index in [0.717, 1.165) is 18.3 Å². The van der Waals surface area contributed by atoms with Crippen LogP contribution in [0.25, 0.3) is 11.1 Å². The number of alkyl halides is 4. The predicted molar refractivity (Wildman–Crippen MR) is 196 cm³/mol. The monoisotopic (exact) mass is 760 g/mol. The zero-order chi connectivity index (χ0) is 41.3. The highest BCUT2D eigenvalue weighted by atomic mass is 19.4. The minimum absolute atomic E-state index is 0.0476. The zero-order valence-corrected chi connectivity index (χ0v) is 31.6. The molecule has 1 aromatic heterocycles. The number of pyridine rings is 1. The summed E-state index contributed by atoms with van der Waals surface area (Å²) < 4.78 is 81.6. The van der Waals surface area contributed by atoms with Crippen molar-refractivity contribution in [3.63, 3.8) is 0 Å². The Morgan fingerprint density at radius 1 is 1.02 bits per heavy atom. The molecule has 0 bridgehead atoms. The molecular formula is C38H54F6N4O5. The summed E-state index contributed by atoms with van der Waals surface area (Å²) in [5, 5.41) is 9.71. The fourth-order valence-corrected chi connectivity index (χ4v) is 4.74. The number of hydrogen-bond donors (Lipinski definition) is 3. The number of primary amides is 1. The van der Waals surface area contributed by atoms with Crippen molar-refractivity contribution in [2.24, 2.45) is 11.7 Å². The van der Waals surface area contributed by atoms with Crippen molar-refractivity contribution < 1.29 is 45.8 Å². The lowest BCUT2D eigenvalue weighted by atomic mass is 9.92. The van der Waals surface area contributed by atoms with Crippen molar-refractivity contribution in [2.75, 3.05) is 26.7 Å². The van der Waals surface area contributed by atoms with Gasteiger partial charge in [-0.1, -0.05) is 53.7 Å². The summed E-state index contributed by atoms with van der Waals surface area (Å²) in [6.45, 7) is 15.7. The summed E-state index contributed by atoms with van der Waals surface area (Å²) in [7, 11) is 1.57. The average molecular weight is 761 g/mol. The number of aldehydes is 1. The number of benzene rings is 2. The van der Waals surface area contributed by atoms with Crippen molar-refractivity contribution in [3.05, 3.63) is 92.9 Å². The quantitative estimate of drug-likeness (QED) is 0.153. The molecule has 15 heteroatoms. The molecule has 1 aliphatic heterocycles. The van der Waals surface area contributed by atoms with Crippen molar-refractivity contribution in [1.29, 1.82) is 0 Å². The number of aromatic nitrogens is 1. The molecule has 0 spiro atoms. The number of likely N-dealkylation sites (tertiary alicyclic amines) is 1. The van der Waals surface area contributed by atoms with E-state index in [0.29, 0.717) is 49.3 Å². The number of amides is 1. The van der Waals surface area contributed by atoms with E-state index in [-0.39, 0.29) is 36.0 Å². The third-order valence-corrected chi connectivity index (χ3v) is 7.01. The molecule has 0 saturated carbocycles. The second-order valence-corrected chi connectivity index (χ2v) is 11.9. The lowest BCUT2D eigenvalue weighted by Gasteiger charge is -2.34. The third-order valence-electron chi connectivity index (χ3n) is 7.01. The SMILES string of the molecule is CC.CC(C)C.CCC(NC)c1cc(-c2ccc(F)cc2C)cc(C(F)(F)F)c1F.NC=O.O=CCc1cccn(CCN2CC(F)C2)c1=O.O=CO. The summed E-state index contributed by atoms with van der Waals surface area (Å²) >= 11 is 0. The van der Waals surface area contributed by atoms with E-state index in [1.807, 2.05) is 18.7 Å². The number of hydrogen-bond acceptors (Lipinski definition) is 6. The molecular weight excluding hydrogens is 706 g/mol. The molecule has 53 heavy (non-hydrogen) atoms. The van der Waals surface area contributed by atoms with Gasteiger partial charge in [0.2, 0.25) is 6.41 Å². The second-order valence-electron chi connectivity index (χ2n) is 11.9. The van der Waals surface area contributed by atoms with Gasteiger partial charge in [-0.15, -0.1) is 0 Å². The van der Waals surface area contributed by atoms with Gasteiger partial charge in [0.1, 0.15) is 24.1 Å². The number of rotatable bonds is 9. The lowest BCUT2D eigenvalue weighted by molar-refractivity contribution is -0.140. The standard InChI is InChI=1S/C18H18F5N.C12H15FN2O2.C4H10.C2H6.CH3NO.CH2O2/c1-4-16(24-3)14-8-11(9-15(17(14)20)18(21,22)23)13-6-5-12(19)7-10(13)2;13-11-8-14(9-11)5-6-15-4-1-2-10(3-7-16)12(15)17;1-4(2)3;1-2;2*2-1-3/h5-9,16,24H,4H2,1-3H3;1-2,4,7,11H,3,5-6,8-9H2;4H,1-3H3;1-2H3;1H,(H2,2,3);1H,(H,2,3). The van der Waals surface area contributed by atoms with Gasteiger partial charge in [0, 0.05) is 56.0 Å². The van der Waals surface area contributed by atoms with E-state index in [4.69, 9.17) is 14.7 Å². The van der Waals surface area contributed by atoms with Gasteiger partial charge in [-0.3, -0.25) is 19.3 Å². The molecule has 1 aliphatic rings. The molecule has 9 nitrogen and oxygen atoms in total. The Morgan fingerprint density at radius 3 is 2.00 bits per heavy atom.